The van der Waals surface area contributed by atoms with Crippen molar-refractivity contribution in [1.82, 2.24) is 14.6 Å². The molecule has 0 fully saturated rings. The third-order valence-corrected chi connectivity index (χ3v) is 3.87. The van der Waals surface area contributed by atoms with Crippen molar-refractivity contribution in [3.05, 3.63) is 73.1 Å². The number of methoxy groups -OCH3 is 1. The van der Waals surface area contributed by atoms with Crippen LogP contribution in [-0.2, 0) is 0 Å². The van der Waals surface area contributed by atoms with E-state index in [1.54, 1.807) is 7.11 Å². The van der Waals surface area contributed by atoms with E-state index in [0.717, 1.165) is 33.8 Å². The first kappa shape index (κ1) is 13.5. The summed E-state index contributed by atoms with van der Waals surface area (Å²) in [5, 5.41) is 4.54. The maximum Gasteiger partial charge on any atom is 0.163 e. The van der Waals surface area contributed by atoms with Crippen molar-refractivity contribution in [2.75, 3.05) is 7.11 Å². The van der Waals surface area contributed by atoms with Gasteiger partial charge in [0.2, 0.25) is 0 Å². The molecule has 4 nitrogen and oxygen atoms in total. The lowest BCUT2D eigenvalue weighted by Crippen LogP contribution is -1.95. The number of rotatable bonds is 3. The van der Waals surface area contributed by atoms with E-state index in [2.05, 4.69) is 22.2 Å². The molecule has 112 valence electrons. The number of nitrogens with zero attached hydrogens (tertiary/aromatic N) is 3. The highest BCUT2D eigenvalue weighted by Gasteiger charge is 2.11. The van der Waals surface area contributed by atoms with Crippen LogP contribution in [0.2, 0.25) is 0 Å². The maximum absolute atomic E-state index is 5.22. The van der Waals surface area contributed by atoms with Crippen molar-refractivity contribution in [2.24, 2.45) is 0 Å². The van der Waals surface area contributed by atoms with E-state index in [-0.39, 0.29) is 0 Å². The van der Waals surface area contributed by atoms with Crippen LogP contribution >= 0.6 is 0 Å². The summed E-state index contributed by atoms with van der Waals surface area (Å²) in [6.07, 6.45) is 3.69. The van der Waals surface area contributed by atoms with Crippen molar-refractivity contribution in [1.29, 1.82) is 0 Å². The maximum atomic E-state index is 5.22. The fourth-order valence-corrected chi connectivity index (χ4v) is 2.69. The van der Waals surface area contributed by atoms with Crippen LogP contribution in [0.25, 0.3) is 28.0 Å². The lowest BCUT2D eigenvalue weighted by molar-refractivity contribution is 0.415. The van der Waals surface area contributed by atoms with Gasteiger partial charge in [-0.3, -0.25) is 0 Å². The van der Waals surface area contributed by atoms with E-state index < -0.39 is 0 Å². The minimum Gasteiger partial charge on any atom is -0.497 e. The first-order chi connectivity index (χ1) is 11.4. The average molecular weight is 301 g/mol. The molecule has 4 aromatic rings. The molecule has 0 unspecified atom stereocenters. The molecular formula is C19H15N3O. The van der Waals surface area contributed by atoms with Gasteiger partial charge in [0.15, 0.2) is 5.65 Å². The van der Waals surface area contributed by atoms with E-state index in [0.29, 0.717) is 0 Å². The van der Waals surface area contributed by atoms with Gasteiger partial charge in [-0.25, -0.2) is 9.50 Å². The highest BCUT2D eigenvalue weighted by atomic mass is 16.5. The lowest BCUT2D eigenvalue weighted by atomic mass is 10.1. The summed E-state index contributed by atoms with van der Waals surface area (Å²) in [7, 11) is 1.67. The van der Waals surface area contributed by atoms with Crippen molar-refractivity contribution in [3.63, 3.8) is 0 Å². The molecule has 0 amide bonds. The van der Waals surface area contributed by atoms with Gasteiger partial charge >= 0.3 is 0 Å². The molecule has 0 N–H and O–H groups in total. The smallest absolute Gasteiger partial charge is 0.163 e. The predicted octanol–water partition coefficient (Wildman–Crippen LogP) is 4.07. The molecule has 0 radical (unpaired) electrons. The Labute approximate surface area is 134 Å². The summed E-state index contributed by atoms with van der Waals surface area (Å²) in [4.78, 5) is 4.51. The molecule has 0 aliphatic rings. The van der Waals surface area contributed by atoms with Crippen molar-refractivity contribution < 1.29 is 4.74 Å². The van der Waals surface area contributed by atoms with Gasteiger partial charge in [-0.05, 0) is 35.9 Å². The fourth-order valence-electron chi connectivity index (χ4n) is 2.69. The van der Waals surface area contributed by atoms with Gasteiger partial charge in [-0.15, -0.1) is 0 Å². The van der Waals surface area contributed by atoms with Gasteiger partial charge in [0.1, 0.15) is 5.75 Å². The summed E-state index contributed by atoms with van der Waals surface area (Å²) in [5.74, 6) is 0.837. The minimum absolute atomic E-state index is 0.837. The van der Waals surface area contributed by atoms with Gasteiger partial charge in [0.25, 0.3) is 0 Å². The minimum atomic E-state index is 0.837. The molecule has 0 aliphatic heterocycles. The van der Waals surface area contributed by atoms with E-state index in [9.17, 15) is 0 Å². The van der Waals surface area contributed by atoms with Crippen molar-refractivity contribution >= 4 is 5.65 Å². The number of benzene rings is 2. The quantitative estimate of drug-likeness (QED) is 0.572. The van der Waals surface area contributed by atoms with Crippen LogP contribution in [0.1, 0.15) is 0 Å². The van der Waals surface area contributed by atoms with E-state index in [1.165, 1.54) is 0 Å². The number of fused-ring (bicyclic) bond motifs is 1. The molecule has 4 heteroatoms. The summed E-state index contributed by atoms with van der Waals surface area (Å²) in [5.41, 5.74) is 5.06. The Balaban J connectivity index is 1.87. The van der Waals surface area contributed by atoms with E-state index in [4.69, 9.17) is 4.74 Å². The Hall–Kier alpha value is -3.14. The highest BCUT2D eigenvalue weighted by molar-refractivity contribution is 5.78. The Morgan fingerprint density at radius 1 is 0.870 bits per heavy atom. The average Bonchev–Trinajstić information content (AvgIpc) is 3.07. The zero-order chi connectivity index (χ0) is 15.6. The topological polar surface area (TPSA) is 39.4 Å². The third-order valence-electron chi connectivity index (χ3n) is 3.87. The molecule has 4 rings (SSSR count). The van der Waals surface area contributed by atoms with Gasteiger partial charge in [0.05, 0.1) is 19.0 Å². The zero-order valence-electron chi connectivity index (χ0n) is 12.7. The number of hydrogen-bond donors (Lipinski definition) is 0. The summed E-state index contributed by atoms with van der Waals surface area (Å²) in [6.45, 7) is 0. The van der Waals surface area contributed by atoms with Crippen LogP contribution in [-0.4, -0.2) is 21.7 Å². The Kier molecular flexibility index (Phi) is 3.27. The van der Waals surface area contributed by atoms with Crippen LogP contribution in [0.3, 0.4) is 0 Å². The molecule has 2 aromatic carbocycles. The number of hydrogen-bond acceptors (Lipinski definition) is 3. The van der Waals surface area contributed by atoms with Crippen LogP contribution in [0.5, 0.6) is 5.75 Å². The van der Waals surface area contributed by atoms with Crippen LogP contribution in [0.4, 0.5) is 0 Å². The first-order valence-corrected chi connectivity index (χ1v) is 7.39. The molecule has 0 saturated heterocycles. The van der Waals surface area contributed by atoms with Gasteiger partial charge in [-0.1, -0.05) is 30.3 Å². The highest BCUT2D eigenvalue weighted by Crippen LogP contribution is 2.27. The van der Waals surface area contributed by atoms with Gasteiger partial charge in [-0.2, -0.15) is 5.10 Å². The first-order valence-electron chi connectivity index (χ1n) is 7.39. The molecule has 0 spiro atoms. The van der Waals surface area contributed by atoms with Crippen LogP contribution in [0, 0.1) is 0 Å². The van der Waals surface area contributed by atoms with E-state index >= 15 is 0 Å². The predicted molar refractivity (Wildman–Crippen MR) is 90.4 cm³/mol. The second kappa shape index (κ2) is 5.57. The molecule has 0 aliphatic carbocycles. The molecule has 23 heavy (non-hydrogen) atoms. The van der Waals surface area contributed by atoms with Gasteiger partial charge in [0, 0.05) is 17.3 Å². The zero-order valence-corrected chi connectivity index (χ0v) is 12.7. The lowest BCUT2D eigenvalue weighted by Gasteiger charge is -2.06. The fraction of sp³-hybridized carbons (Fsp3) is 0.0526. The van der Waals surface area contributed by atoms with Crippen molar-refractivity contribution in [2.45, 2.75) is 0 Å². The SMILES string of the molecule is COc1ccc(-c2ccnc3c(-c4ccccc4)cnn23)cc1. The Morgan fingerprint density at radius 3 is 2.39 bits per heavy atom. The molecule has 0 bridgehead atoms. The van der Waals surface area contributed by atoms with Gasteiger partial charge < -0.3 is 4.74 Å². The Bertz CT molecular complexity index is 943. The van der Waals surface area contributed by atoms with Crippen molar-refractivity contribution in [3.8, 4) is 28.1 Å². The third kappa shape index (κ3) is 2.34. The molecule has 2 aromatic heterocycles. The normalized spacial score (nSPS) is 10.8. The molecule has 0 atom stereocenters. The van der Waals surface area contributed by atoms with Crippen LogP contribution < -0.4 is 4.74 Å². The second-order valence-corrected chi connectivity index (χ2v) is 5.22. The number of ether oxygens (including phenoxy) is 1. The second-order valence-electron chi connectivity index (χ2n) is 5.22. The molecular weight excluding hydrogens is 286 g/mol. The van der Waals surface area contributed by atoms with E-state index in [1.807, 2.05) is 65.4 Å². The summed E-state index contributed by atoms with van der Waals surface area (Å²) < 4.78 is 7.10. The summed E-state index contributed by atoms with van der Waals surface area (Å²) >= 11 is 0. The summed E-state index contributed by atoms with van der Waals surface area (Å²) in [6, 6.07) is 20.1. The Morgan fingerprint density at radius 2 is 1.65 bits per heavy atom. The largest absolute Gasteiger partial charge is 0.497 e. The van der Waals surface area contributed by atoms with Crippen LogP contribution in [0.15, 0.2) is 73.1 Å². The monoisotopic (exact) mass is 301 g/mol. The number of aromatic nitrogens is 3. The standard InChI is InChI=1S/C19H15N3O/c1-23-16-9-7-15(8-10-16)18-11-12-20-19-17(13-21-22(18)19)14-5-3-2-4-6-14/h2-13H,1H3. The molecule has 2 heterocycles. The molecule has 0 saturated carbocycles.